The van der Waals surface area contributed by atoms with Gasteiger partial charge < -0.3 is 4.90 Å². The van der Waals surface area contributed by atoms with E-state index in [1.165, 1.54) is 4.90 Å². The largest absolute Gasteiger partial charge is 0.337 e. The highest BCUT2D eigenvalue weighted by molar-refractivity contribution is 6.36. The molecule has 104 valence electrons. The molecule has 0 saturated carbocycles. The number of halogens is 3. The lowest BCUT2D eigenvalue weighted by atomic mass is 10.1. The quantitative estimate of drug-likeness (QED) is 0.782. The van der Waals surface area contributed by atoms with Crippen molar-refractivity contribution in [1.29, 1.82) is 10.5 Å². The zero-order chi connectivity index (χ0) is 15.1. The number of amides is 1. The third kappa shape index (κ3) is 4.09. The van der Waals surface area contributed by atoms with Gasteiger partial charge in [-0.25, -0.2) is 4.39 Å². The van der Waals surface area contributed by atoms with Crippen LogP contribution in [0.2, 0.25) is 10.0 Å². The molecule has 0 radical (unpaired) electrons. The summed E-state index contributed by atoms with van der Waals surface area (Å²) >= 11 is 11.4. The van der Waals surface area contributed by atoms with Crippen molar-refractivity contribution in [2.45, 2.75) is 12.8 Å². The van der Waals surface area contributed by atoms with Crippen molar-refractivity contribution in [1.82, 2.24) is 4.90 Å². The van der Waals surface area contributed by atoms with Crippen LogP contribution in [0, 0.1) is 28.5 Å². The Kier molecular flexibility index (Phi) is 6.24. The first kappa shape index (κ1) is 16.2. The van der Waals surface area contributed by atoms with Crippen molar-refractivity contribution < 1.29 is 9.18 Å². The van der Waals surface area contributed by atoms with E-state index >= 15 is 0 Å². The molecule has 0 heterocycles. The molecule has 0 atom stereocenters. The molecule has 0 aliphatic heterocycles. The SMILES string of the molecule is N#CCCN(CCC#N)C(=O)c1cc(F)c(Cl)cc1Cl. The highest BCUT2D eigenvalue weighted by atomic mass is 35.5. The Morgan fingerprint density at radius 3 is 2.20 bits per heavy atom. The van der Waals surface area contributed by atoms with Gasteiger partial charge in [0.05, 0.1) is 40.6 Å². The fourth-order valence-electron chi connectivity index (χ4n) is 1.54. The smallest absolute Gasteiger partial charge is 0.255 e. The molecule has 1 amide bonds. The van der Waals surface area contributed by atoms with E-state index in [0.717, 1.165) is 12.1 Å². The number of rotatable bonds is 5. The van der Waals surface area contributed by atoms with Gasteiger partial charge in [0, 0.05) is 13.1 Å². The van der Waals surface area contributed by atoms with Gasteiger partial charge >= 0.3 is 0 Å². The number of nitriles is 2. The third-order valence-electron chi connectivity index (χ3n) is 2.51. The van der Waals surface area contributed by atoms with Crippen molar-refractivity contribution in [2.24, 2.45) is 0 Å². The van der Waals surface area contributed by atoms with E-state index in [-0.39, 0.29) is 41.5 Å². The van der Waals surface area contributed by atoms with E-state index in [1.54, 1.807) is 0 Å². The summed E-state index contributed by atoms with van der Waals surface area (Å²) in [7, 11) is 0. The number of carbonyl (C=O) groups is 1. The molecule has 0 unspecified atom stereocenters. The molecule has 20 heavy (non-hydrogen) atoms. The Hall–Kier alpha value is -1.82. The van der Waals surface area contributed by atoms with Crippen molar-refractivity contribution in [3.8, 4) is 12.1 Å². The molecule has 0 aliphatic rings. The number of hydrogen-bond acceptors (Lipinski definition) is 3. The normalized spacial score (nSPS) is 9.65. The van der Waals surface area contributed by atoms with Gasteiger partial charge in [0.2, 0.25) is 0 Å². The van der Waals surface area contributed by atoms with Crippen molar-refractivity contribution in [2.75, 3.05) is 13.1 Å². The summed E-state index contributed by atoms with van der Waals surface area (Å²) in [6, 6.07) is 5.93. The molecule has 0 saturated heterocycles. The highest BCUT2D eigenvalue weighted by Crippen LogP contribution is 2.25. The fraction of sp³-hybridized carbons (Fsp3) is 0.308. The van der Waals surface area contributed by atoms with Crippen LogP contribution < -0.4 is 0 Å². The summed E-state index contributed by atoms with van der Waals surface area (Å²) in [4.78, 5) is 13.5. The highest BCUT2D eigenvalue weighted by Gasteiger charge is 2.20. The first-order valence-electron chi connectivity index (χ1n) is 5.69. The number of benzene rings is 1. The summed E-state index contributed by atoms with van der Waals surface area (Å²) < 4.78 is 13.4. The predicted molar refractivity (Wildman–Crippen MR) is 72.8 cm³/mol. The molecular weight excluding hydrogens is 304 g/mol. The van der Waals surface area contributed by atoms with E-state index in [2.05, 4.69) is 0 Å². The van der Waals surface area contributed by atoms with Crippen molar-refractivity contribution >= 4 is 29.1 Å². The minimum Gasteiger partial charge on any atom is -0.337 e. The lowest BCUT2D eigenvalue weighted by Gasteiger charge is -2.21. The third-order valence-corrected chi connectivity index (χ3v) is 3.12. The van der Waals surface area contributed by atoms with Crippen LogP contribution in [0.15, 0.2) is 12.1 Å². The first-order valence-corrected chi connectivity index (χ1v) is 6.44. The first-order chi connectivity index (χ1) is 9.51. The topological polar surface area (TPSA) is 67.9 Å². The van der Waals surface area contributed by atoms with Crippen LogP contribution in [-0.2, 0) is 0 Å². The molecule has 1 aromatic carbocycles. The molecular formula is C13H10Cl2FN3O. The molecule has 0 spiro atoms. The Balaban J connectivity index is 3.02. The maximum absolute atomic E-state index is 13.4. The standard InChI is InChI=1S/C13H10Cl2FN3O/c14-10-8-11(15)12(16)7-9(10)13(20)19(5-1-3-17)6-2-4-18/h7-8H,1-2,5-6H2. The summed E-state index contributed by atoms with van der Waals surface area (Å²) in [6.07, 6.45) is 0.232. The van der Waals surface area contributed by atoms with Crippen LogP contribution in [0.3, 0.4) is 0 Å². The molecule has 0 N–H and O–H groups in total. The van der Waals surface area contributed by atoms with Crippen LogP contribution in [-0.4, -0.2) is 23.9 Å². The Morgan fingerprint density at radius 1 is 1.15 bits per heavy atom. The van der Waals surface area contributed by atoms with Crippen LogP contribution in [0.25, 0.3) is 0 Å². The average molecular weight is 314 g/mol. The molecule has 0 bridgehead atoms. The van der Waals surface area contributed by atoms with Gasteiger partial charge in [-0.3, -0.25) is 4.79 Å². The van der Waals surface area contributed by atoms with E-state index < -0.39 is 11.7 Å². The summed E-state index contributed by atoms with van der Waals surface area (Å²) in [5.74, 6) is -1.28. The van der Waals surface area contributed by atoms with E-state index in [1.807, 2.05) is 12.1 Å². The second kappa shape index (κ2) is 7.69. The van der Waals surface area contributed by atoms with Gasteiger partial charge in [-0.2, -0.15) is 10.5 Å². The predicted octanol–water partition coefficient (Wildman–Crippen LogP) is 3.40. The summed E-state index contributed by atoms with van der Waals surface area (Å²) in [5, 5.41) is 17.0. The number of carbonyl (C=O) groups excluding carboxylic acids is 1. The van der Waals surface area contributed by atoms with Gasteiger partial charge in [-0.1, -0.05) is 23.2 Å². The van der Waals surface area contributed by atoms with Crippen LogP contribution in [0.1, 0.15) is 23.2 Å². The van der Waals surface area contributed by atoms with Gasteiger partial charge in [-0.15, -0.1) is 0 Å². The van der Waals surface area contributed by atoms with Crippen LogP contribution in [0.5, 0.6) is 0 Å². The molecule has 7 heteroatoms. The number of hydrogen-bond donors (Lipinski definition) is 0. The zero-order valence-corrected chi connectivity index (χ0v) is 11.9. The Morgan fingerprint density at radius 2 is 1.70 bits per heavy atom. The molecule has 0 aliphatic carbocycles. The van der Waals surface area contributed by atoms with E-state index in [4.69, 9.17) is 33.7 Å². The molecule has 1 rings (SSSR count). The minimum absolute atomic E-state index is 0.0281. The number of nitrogens with zero attached hydrogens (tertiary/aromatic N) is 3. The van der Waals surface area contributed by atoms with Crippen molar-refractivity contribution in [3.63, 3.8) is 0 Å². The van der Waals surface area contributed by atoms with Crippen molar-refractivity contribution in [3.05, 3.63) is 33.6 Å². The molecule has 1 aromatic rings. The monoisotopic (exact) mass is 313 g/mol. The fourth-order valence-corrected chi connectivity index (χ4v) is 2.01. The van der Waals surface area contributed by atoms with E-state index in [0.29, 0.717) is 0 Å². The minimum atomic E-state index is -0.750. The zero-order valence-electron chi connectivity index (χ0n) is 10.4. The van der Waals surface area contributed by atoms with Gasteiger partial charge in [-0.05, 0) is 12.1 Å². The maximum Gasteiger partial charge on any atom is 0.255 e. The summed E-state index contributed by atoms with van der Waals surface area (Å²) in [5.41, 5.74) is -0.0375. The second-order valence-corrected chi connectivity index (χ2v) is 4.67. The molecule has 4 nitrogen and oxygen atoms in total. The lowest BCUT2D eigenvalue weighted by molar-refractivity contribution is 0.0762. The Labute approximate surface area is 125 Å². The lowest BCUT2D eigenvalue weighted by Crippen LogP contribution is -2.33. The van der Waals surface area contributed by atoms with Crippen LogP contribution in [0.4, 0.5) is 4.39 Å². The molecule has 0 aromatic heterocycles. The molecule has 0 fully saturated rings. The maximum atomic E-state index is 13.4. The average Bonchev–Trinajstić information content (AvgIpc) is 2.42. The van der Waals surface area contributed by atoms with Crippen LogP contribution >= 0.6 is 23.2 Å². The van der Waals surface area contributed by atoms with Gasteiger partial charge in [0.15, 0.2) is 0 Å². The Bertz CT molecular complexity index is 575. The summed E-state index contributed by atoms with van der Waals surface area (Å²) in [6.45, 7) is 0.301. The van der Waals surface area contributed by atoms with Gasteiger partial charge in [0.25, 0.3) is 5.91 Å². The second-order valence-electron chi connectivity index (χ2n) is 3.85. The van der Waals surface area contributed by atoms with E-state index in [9.17, 15) is 9.18 Å². The van der Waals surface area contributed by atoms with Gasteiger partial charge in [0.1, 0.15) is 5.82 Å².